The van der Waals surface area contributed by atoms with Gasteiger partial charge in [-0.2, -0.15) is 0 Å². The molecule has 0 heterocycles. The van der Waals surface area contributed by atoms with Crippen LogP contribution in [-0.4, -0.2) is 38.9 Å². The van der Waals surface area contributed by atoms with E-state index in [4.69, 9.17) is 18.9 Å². The highest BCUT2D eigenvalue weighted by Gasteiger charge is 2.19. The lowest BCUT2D eigenvalue weighted by Crippen LogP contribution is -2.14. The largest absolute Gasteiger partial charge is 0.493 e. The summed E-state index contributed by atoms with van der Waals surface area (Å²) < 4.78 is 22.4. The molecule has 0 spiro atoms. The van der Waals surface area contributed by atoms with Crippen molar-refractivity contribution in [1.29, 1.82) is 0 Å². The van der Waals surface area contributed by atoms with Crippen LogP contribution < -0.4 is 14.8 Å². The number of nitrogens with one attached hydrogen (secondary N) is 1. The second-order valence-electron chi connectivity index (χ2n) is 7.29. The second kappa shape index (κ2) is 11.6. The molecule has 6 heteroatoms. The molecule has 162 valence electrons. The van der Waals surface area contributed by atoms with E-state index in [-0.39, 0.29) is 12.0 Å². The zero-order valence-corrected chi connectivity index (χ0v) is 17.8. The van der Waals surface area contributed by atoms with E-state index < -0.39 is 0 Å². The molecule has 1 saturated carbocycles. The Morgan fingerprint density at radius 3 is 2.60 bits per heavy atom. The van der Waals surface area contributed by atoms with Gasteiger partial charge in [-0.25, -0.2) is 0 Å². The lowest BCUT2D eigenvalue weighted by atomic mass is 10.1. The summed E-state index contributed by atoms with van der Waals surface area (Å²) in [5.41, 5.74) is 2.22. The van der Waals surface area contributed by atoms with Crippen molar-refractivity contribution >= 4 is 11.6 Å². The van der Waals surface area contributed by atoms with Crippen molar-refractivity contribution in [3.05, 3.63) is 53.6 Å². The third kappa shape index (κ3) is 6.47. The van der Waals surface area contributed by atoms with E-state index in [9.17, 15) is 4.79 Å². The number of rotatable bonds is 11. The molecule has 1 amide bonds. The van der Waals surface area contributed by atoms with Crippen LogP contribution in [0, 0.1) is 0 Å². The Kier molecular flexibility index (Phi) is 8.53. The van der Waals surface area contributed by atoms with Gasteiger partial charge in [-0.3, -0.25) is 4.79 Å². The molecule has 6 nitrogen and oxygen atoms in total. The first kappa shape index (κ1) is 22.1. The summed E-state index contributed by atoms with van der Waals surface area (Å²) in [6.07, 6.45) is 4.76. The van der Waals surface area contributed by atoms with E-state index >= 15 is 0 Å². The predicted octanol–water partition coefficient (Wildman–Crippen LogP) is 4.82. The molecule has 1 N–H and O–H groups in total. The zero-order chi connectivity index (χ0) is 21.2. The highest BCUT2D eigenvalue weighted by Crippen LogP contribution is 2.32. The molecule has 1 aliphatic carbocycles. The Balaban J connectivity index is 1.59. The summed E-state index contributed by atoms with van der Waals surface area (Å²) in [6, 6.07) is 12.9. The van der Waals surface area contributed by atoms with Crippen molar-refractivity contribution in [3.8, 4) is 11.5 Å². The van der Waals surface area contributed by atoms with E-state index in [1.54, 1.807) is 19.2 Å². The van der Waals surface area contributed by atoms with Crippen molar-refractivity contribution < 1.29 is 23.7 Å². The van der Waals surface area contributed by atoms with Crippen LogP contribution >= 0.6 is 0 Å². The van der Waals surface area contributed by atoms with Gasteiger partial charge in [-0.15, -0.1) is 0 Å². The average Bonchev–Trinajstić information content (AvgIpc) is 3.27. The first-order valence-corrected chi connectivity index (χ1v) is 10.6. The standard InChI is InChI=1S/C24H31NO5/c1-3-28-13-14-29-17-18-7-6-8-20(15-18)25-24(26)19-11-12-22(23(16-19)27-2)30-21-9-4-5-10-21/h6-8,11-12,15-16,21H,3-5,9-10,13-14,17H2,1-2H3,(H,25,26). The van der Waals surface area contributed by atoms with Crippen LogP contribution in [0.15, 0.2) is 42.5 Å². The molecule has 2 aromatic rings. The van der Waals surface area contributed by atoms with Gasteiger partial charge in [-0.05, 0) is 68.5 Å². The number of methoxy groups -OCH3 is 1. The maximum Gasteiger partial charge on any atom is 0.255 e. The van der Waals surface area contributed by atoms with Gasteiger partial charge in [-0.1, -0.05) is 12.1 Å². The molecule has 0 aliphatic heterocycles. The van der Waals surface area contributed by atoms with E-state index in [0.717, 1.165) is 24.1 Å². The first-order valence-electron chi connectivity index (χ1n) is 10.6. The zero-order valence-electron chi connectivity index (χ0n) is 17.8. The molecule has 0 bridgehead atoms. The number of hydrogen-bond acceptors (Lipinski definition) is 5. The van der Waals surface area contributed by atoms with Crippen LogP contribution in [0.5, 0.6) is 11.5 Å². The van der Waals surface area contributed by atoms with E-state index in [2.05, 4.69) is 5.32 Å². The monoisotopic (exact) mass is 413 g/mol. The van der Waals surface area contributed by atoms with Crippen LogP contribution in [-0.2, 0) is 16.1 Å². The molecule has 1 fully saturated rings. The normalized spacial score (nSPS) is 13.9. The number of hydrogen-bond donors (Lipinski definition) is 1. The molecule has 0 radical (unpaired) electrons. The molecule has 0 aromatic heterocycles. The van der Waals surface area contributed by atoms with Gasteiger partial charge in [0.25, 0.3) is 5.91 Å². The first-order chi connectivity index (χ1) is 14.7. The highest BCUT2D eigenvalue weighted by atomic mass is 16.5. The van der Waals surface area contributed by atoms with Gasteiger partial charge in [0.15, 0.2) is 11.5 Å². The number of ether oxygens (including phenoxy) is 4. The maximum absolute atomic E-state index is 12.7. The van der Waals surface area contributed by atoms with Gasteiger partial charge in [0.1, 0.15) is 0 Å². The van der Waals surface area contributed by atoms with Crippen molar-refractivity contribution in [3.63, 3.8) is 0 Å². The molecule has 0 atom stereocenters. The number of anilines is 1. The quantitative estimate of drug-likeness (QED) is 0.535. The fraction of sp³-hybridized carbons (Fsp3) is 0.458. The SMILES string of the molecule is CCOCCOCc1cccc(NC(=O)c2ccc(OC3CCCC3)c(OC)c2)c1. The molecule has 0 saturated heterocycles. The molecular formula is C24H31NO5. The van der Waals surface area contributed by atoms with Crippen LogP contribution in [0.2, 0.25) is 0 Å². The average molecular weight is 414 g/mol. The molecule has 0 unspecified atom stereocenters. The summed E-state index contributed by atoms with van der Waals surface area (Å²) in [4.78, 5) is 12.7. The fourth-order valence-corrected chi connectivity index (χ4v) is 3.49. The second-order valence-corrected chi connectivity index (χ2v) is 7.29. The smallest absolute Gasteiger partial charge is 0.255 e. The van der Waals surface area contributed by atoms with Crippen LogP contribution in [0.4, 0.5) is 5.69 Å². The topological polar surface area (TPSA) is 66.0 Å². The Morgan fingerprint density at radius 2 is 1.83 bits per heavy atom. The summed E-state index contributed by atoms with van der Waals surface area (Å²) in [7, 11) is 1.59. The van der Waals surface area contributed by atoms with Gasteiger partial charge in [0.05, 0.1) is 33.0 Å². The predicted molar refractivity (Wildman–Crippen MR) is 116 cm³/mol. The third-order valence-electron chi connectivity index (χ3n) is 5.05. The van der Waals surface area contributed by atoms with E-state index in [0.29, 0.717) is 43.5 Å². The lowest BCUT2D eigenvalue weighted by molar-refractivity contribution is 0.0453. The van der Waals surface area contributed by atoms with Crippen LogP contribution in [0.25, 0.3) is 0 Å². The van der Waals surface area contributed by atoms with E-state index in [1.807, 2.05) is 37.3 Å². The molecule has 1 aliphatic rings. The Morgan fingerprint density at radius 1 is 1.03 bits per heavy atom. The summed E-state index contributed by atoms with van der Waals surface area (Å²) in [5.74, 6) is 1.06. The van der Waals surface area contributed by atoms with Crippen molar-refractivity contribution in [1.82, 2.24) is 0 Å². The van der Waals surface area contributed by atoms with Crippen molar-refractivity contribution in [2.24, 2.45) is 0 Å². The minimum atomic E-state index is -0.199. The Hall–Kier alpha value is -2.57. The van der Waals surface area contributed by atoms with Gasteiger partial charge >= 0.3 is 0 Å². The number of benzene rings is 2. The van der Waals surface area contributed by atoms with E-state index in [1.165, 1.54) is 12.8 Å². The number of carbonyl (C=O) groups is 1. The van der Waals surface area contributed by atoms with Crippen LogP contribution in [0.1, 0.15) is 48.5 Å². The minimum Gasteiger partial charge on any atom is -0.493 e. The summed E-state index contributed by atoms with van der Waals surface area (Å²) >= 11 is 0. The Bertz CT molecular complexity index is 817. The van der Waals surface area contributed by atoms with Gasteiger partial charge < -0.3 is 24.3 Å². The number of amides is 1. The van der Waals surface area contributed by atoms with Crippen molar-refractivity contribution in [2.45, 2.75) is 45.3 Å². The maximum atomic E-state index is 12.7. The van der Waals surface area contributed by atoms with Gasteiger partial charge in [0, 0.05) is 17.9 Å². The van der Waals surface area contributed by atoms with Gasteiger partial charge in [0.2, 0.25) is 0 Å². The Labute approximate surface area is 178 Å². The third-order valence-corrected chi connectivity index (χ3v) is 5.05. The minimum absolute atomic E-state index is 0.199. The molecule has 3 rings (SSSR count). The fourth-order valence-electron chi connectivity index (χ4n) is 3.49. The molecular weight excluding hydrogens is 382 g/mol. The highest BCUT2D eigenvalue weighted by molar-refractivity contribution is 6.04. The summed E-state index contributed by atoms with van der Waals surface area (Å²) in [6.45, 7) is 4.23. The van der Waals surface area contributed by atoms with Crippen LogP contribution in [0.3, 0.4) is 0 Å². The lowest BCUT2D eigenvalue weighted by Gasteiger charge is -2.16. The summed E-state index contributed by atoms with van der Waals surface area (Å²) in [5, 5.41) is 2.94. The number of carbonyl (C=O) groups excluding carboxylic acids is 1. The molecule has 2 aromatic carbocycles. The molecule has 30 heavy (non-hydrogen) atoms. The van der Waals surface area contributed by atoms with Crippen molar-refractivity contribution in [2.75, 3.05) is 32.2 Å².